The Kier molecular flexibility index (Phi) is 3.72. The van der Waals surface area contributed by atoms with Gasteiger partial charge in [-0.25, -0.2) is 4.79 Å². The lowest BCUT2D eigenvalue weighted by Crippen LogP contribution is -2.02. The zero-order chi connectivity index (χ0) is 15.0. The average Bonchev–Trinajstić information content (AvgIpc) is 3.09. The lowest BCUT2D eigenvalue weighted by Gasteiger charge is -2.06. The topological polar surface area (TPSA) is 52.3 Å². The predicted molar refractivity (Wildman–Crippen MR) is 86.9 cm³/mol. The van der Waals surface area contributed by atoms with Crippen molar-refractivity contribution in [2.75, 3.05) is 12.8 Å². The predicted octanol–water partition coefficient (Wildman–Crippen LogP) is 3.84. The number of anilines is 1. The van der Waals surface area contributed by atoms with E-state index in [0.717, 1.165) is 23.3 Å². The van der Waals surface area contributed by atoms with Crippen LogP contribution in [0.2, 0.25) is 0 Å². The maximum Gasteiger partial charge on any atom is 0.350 e. The summed E-state index contributed by atoms with van der Waals surface area (Å²) in [5, 5.41) is 0. The first kappa shape index (κ1) is 14.1. The number of ether oxygens (including phenoxy) is 1. The fraction of sp³-hybridized carbons (Fsp3) is 0.353. The highest BCUT2D eigenvalue weighted by atomic mass is 32.1. The first-order chi connectivity index (χ1) is 10.2. The minimum absolute atomic E-state index is 0.348. The summed E-state index contributed by atoms with van der Waals surface area (Å²) in [5.41, 5.74) is 11.8. The van der Waals surface area contributed by atoms with Crippen LogP contribution in [0.4, 0.5) is 5.69 Å². The lowest BCUT2D eigenvalue weighted by atomic mass is 10.0. The Labute approximate surface area is 128 Å². The van der Waals surface area contributed by atoms with Gasteiger partial charge in [0.2, 0.25) is 0 Å². The minimum atomic E-state index is -0.348. The van der Waals surface area contributed by atoms with Crippen LogP contribution in [0.1, 0.15) is 39.7 Å². The molecular formula is C17H19NO2S. The molecule has 0 atom stereocenters. The first-order valence-corrected chi connectivity index (χ1v) is 8.09. The van der Waals surface area contributed by atoms with Crippen molar-refractivity contribution in [3.63, 3.8) is 0 Å². The summed E-state index contributed by atoms with van der Waals surface area (Å²) < 4.78 is 4.83. The van der Waals surface area contributed by atoms with Crippen LogP contribution < -0.4 is 5.73 Å². The molecule has 0 unspecified atom stereocenters. The summed E-state index contributed by atoms with van der Waals surface area (Å²) in [7, 11) is 1.39. The quantitative estimate of drug-likeness (QED) is 0.876. The third-order valence-electron chi connectivity index (χ3n) is 4.13. The van der Waals surface area contributed by atoms with Crippen molar-refractivity contribution in [3.8, 4) is 10.4 Å². The van der Waals surface area contributed by atoms with Gasteiger partial charge in [0.25, 0.3) is 0 Å². The van der Waals surface area contributed by atoms with Crippen molar-refractivity contribution in [2.45, 2.75) is 32.6 Å². The Morgan fingerprint density at radius 2 is 2.10 bits per heavy atom. The molecule has 0 bridgehead atoms. The van der Waals surface area contributed by atoms with Crippen molar-refractivity contribution in [1.82, 2.24) is 0 Å². The van der Waals surface area contributed by atoms with Gasteiger partial charge < -0.3 is 10.5 Å². The number of thiophene rings is 1. The second-order valence-corrected chi connectivity index (χ2v) is 6.36. The summed E-state index contributed by atoms with van der Waals surface area (Å²) in [6.45, 7) is 2.07. The molecule has 0 spiro atoms. The molecule has 0 saturated heterocycles. The number of esters is 1. The van der Waals surface area contributed by atoms with Gasteiger partial charge in [0.15, 0.2) is 0 Å². The van der Waals surface area contributed by atoms with Gasteiger partial charge in [-0.05, 0) is 47.9 Å². The molecule has 0 amide bonds. The van der Waals surface area contributed by atoms with Crippen LogP contribution in [0.25, 0.3) is 10.4 Å². The minimum Gasteiger partial charge on any atom is -0.465 e. The summed E-state index contributed by atoms with van der Waals surface area (Å²) in [4.78, 5) is 13.5. The van der Waals surface area contributed by atoms with Crippen molar-refractivity contribution in [1.29, 1.82) is 0 Å². The Morgan fingerprint density at radius 1 is 1.33 bits per heavy atom. The normalized spacial score (nSPS) is 13.2. The summed E-state index contributed by atoms with van der Waals surface area (Å²) in [6, 6.07) is 6.62. The number of aryl methyl sites for hydroxylation is 2. The van der Waals surface area contributed by atoms with E-state index in [1.165, 1.54) is 48.0 Å². The van der Waals surface area contributed by atoms with Gasteiger partial charge in [0.1, 0.15) is 4.88 Å². The van der Waals surface area contributed by atoms with Gasteiger partial charge in [0.05, 0.1) is 12.8 Å². The molecular weight excluding hydrogens is 282 g/mol. The number of hydrogen-bond acceptors (Lipinski definition) is 4. The number of benzene rings is 1. The molecule has 1 aromatic heterocycles. The monoisotopic (exact) mass is 301 g/mol. The highest BCUT2D eigenvalue weighted by Crippen LogP contribution is 2.40. The largest absolute Gasteiger partial charge is 0.465 e. The van der Waals surface area contributed by atoms with E-state index in [9.17, 15) is 4.79 Å². The van der Waals surface area contributed by atoms with Crippen LogP contribution in [0.15, 0.2) is 18.2 Å². The van der Waals surface area contributed by atoms with Crippen molar-refractivity contribution in [2.24, 2.45) is 0 Å². The highest BCUT2D eigenvalue weighted by molar-refractivity contribution is 7.18. The summed E-state index contributed by atoms with van der Waals surface area (Å²) in [6.07, 6.45) is 4.37. The number of fused-ring (bicyclic) bond motifs is 1. The van der Waals surface area contributed by atoms with E-state index in [2.05, 4.69) is 25.1 Å². The maximum atomic E-state index is 11.8. The Bertz CT molecular complexity index is 703. The van der Waals surface area contributed by atoms with Crippen LogP contribution in [0, 0.1) is 0 Å². The molecule has 4 heteroatoms. The van der Waals surface area contributed by atoms with Crippen LogP contribution >= 0.6 is 11.3 Å². The molecule has 2 N–H and O–H groups in total. The first-order valence-electron chi connectivity index (χ1n) is 7.27. The molecule has 1 aliphatic carbocycles. The summed E-state index contributed by atoms with van der Waals surface area (Å²) in [5.74, 6) is -0.348. The van der Waals surface area contributed by atoms with E-state index in [1.54, 1.807) is 0 Å². The Hall–Kier alpha value is -1.81. The molecule has 3 nitrogen and oxygen atoms in total. The number of nitrogens with two attached hydrogens (primary N) is 1. The standard InChI is InChI=1S/C17H19NO2S/c1-3-13-14(18)16(17(19)20-2)21-15(13)12-8-7-10-5-4-6-11(10)9-12/h7-9H,3-6,18H2,1-2H3. The third kappa shape index (κ3) is 2.33. The molecule has 1 aliphatic rings. The smallest absolute Gasteiger partial charge is 0.350 e. The molecule has 0 saturated carbocycles. The van der Waals surface area contributed by atoms with Crippen LogP contribution in [-0.2, 0) is 24.0 Å². The molecule has 3 rings (SSSR count). The van der Waals surface area contributed by atoms with E-state index >= 15 is 0 Å². The van der Waals surface area contributed by atoms with E-state index in [0.29, 0.717) is 10.6 Å². The number of nitrogen functional groups attached to an aromatic ring is 1. The molecule has 0 fully saturated rings. The van der Waals surface area contributed by atoms with E-state index in [1.807, 2.05) is 0 Å². The zero-order valence-corrected chi connectivity index (χ0v) is 13.2. The fourth-order valence-corrected chi connectivity index (χ4v) is 4.25. The van der Waals surface area contributed by atoms with E-state index < -0.39 is 0 Å². The van der Waals surface area contributed by atoms with Crippen LogP contribution in [0.5, 0.6) is 0 Å². The van der Waals surface area contributed by atoms with Crippen LogP contribution in [0.3, 0.4) is 0 Å². The Balaban J connectivity index is 2.11. The molecule has 0 aliphatic heterocycles. The van der Waals surface area contributed by atoms with Crippen molar-refractivity contribution < 1.29 is 9.53 Å². The Morgan fingerprint density at radius 3 is 2.81 bits per heavy atom. The second kappa shape index (κ2) is 5.53. The zero-order valence-electron chi connectivity index (χ0n) is 12.4. The van der Waals surface area contributed by atoms with Gasteiger partial charge in [-0.15, -0.1) is 11.3 Å². The molecule has 1 heterocycles. The molecule has 110 valence electrons. The van der Waals surface area contributed by atoms with Gasteiger partial charge in [-0.2, -0.15) is 0 Å². The SMILES string of the molecule is CCc1c(-c2ccc3c(c2)CCC3)sc(C(=O)OC)c1N. The van der Waals surface area contributed by atoms with Gasteiger partial charge in [-0.1, -0.05) is 25.1 Å². The third-order valence-corrected chi connectivity index (χ3v) is 5.41. The van der Waals surface area contributed by atoms with Gasteiger partial charge >= 0.3 is 5.97 Å². The van der Waals surface area contributed by atoms with E-state index in [4.69, 9.17) is 10.5 Å². The average molecular weight is 301 g/mol. The second-order valence-electron chi connectivity index (χ2n) is 5.33. The number of carbonyl (C=O) groups is 1. The van der Waals surface area contributed by atoms with Crippen molar-refractivity contribution in [3.05, 3.63) is 39.8 Å². The van der Waals surface area contributed by atoms with Gasteiger partial charge in [-0.3, -0.25) is 0 Å². The molecule has 2 aromatic rings. The van der Waals surface area contributed by atoms with Gasteiger partial charge in [0, 0.05) is 4.88 Å². The van der Waals surface area contributed by atoms with Crippen LogP contribution in [-0.4, -0.2) is 13.1 Å². The number of methoxy groups -OCH3 is 1. The summed E-state index contributed by atoms with van der Waals surface area (Å²) >= 11 is 1.44. The van der Waals surface area contributed by atoms with E-state index in [-0.39, 0.29) is 5.97 Å². The number of hydrogen-bond donors (Lipinski definition) is 1. The molecule has 0 radical (unpaired) electrons. The lowest BCUT2D eigenvalue weighted by molar-refractivity contribution is 0.0607. The highest BCUT2D eigenvalue weighted by Gasteiger charge is 2.22. The molecule has 21 heavy (non-hydrogen) atoms. The fourth-order valence-electron chi connectivity index (χ4n) is 3.02. The number of carbonyl (C=O) groups excluding carboxylic acids is 1. The maximum absolute atomic E-state index is 11.8. The van der Waals surface area contributed by atoms with Crippen molar-refractivity contribution >= 4 is 23.0 Å². The molecule has 1 aromatic carbocycles. The number of rotatable bonds is 3.